The molecule has 1 fully saturated rings. The van der Waals surface area contributed by atoms with Crippen LogP contribution in [0, 0.1) is 17.3 Å². The molecule has 1 rings (SSSR count). The average molecular weight is 209 g/mol. The van der Waals surface area contributed by atoms with Crippen molar-refractivity contribution in [1.82, 2.24) is 0 Å². The number of rotatable bonds is 3. The molecule has 1 aliphatic rings. The van der Waals surface area contributed by atoms with Crippen molar-refractivity contribution < 1.29 is 0 Å². The SMILES string of the molecule is C=CC(C)(N)CC1CCCC1C(C)(C)C. The van der Waals surface area contributed by atoms with Gasteiger partial charge >= 0.3 is 0 Å². The van der Waals surface area contributed by atoms with Crippen LogP contribution in [0.3, 0.4) is 0 Å². The quantitative estimate of drug-likeness (QED) is 0.704. The Morgan fingerprint density at radius 1 is 1.27 bits per heavy atom. The Balaban J connectivity index is 2.66. The highest BCUT2D eigenvalue weighted by Crippen LogP contribution is 2.46. The van der Waals surface area contributed by atoms with Crippen molar-refractivity contribution in [1.29, 1.82) is 0 Å². The highest BCUT2D eigenvalue weighted by molar-refractivity contribution is 5.00. The second-order valence-corrected chi connectivity index (χ2v) is 6.58. The zero-order valence-corrected chi connectivity index (χ0v) is 10.8. The molecule has 0 spiro atoms. The predicted octanol–water partition coefficient (Wildman–Crippen LogP) is 3.74. The van der Waals surface area contributed by atoms with Gasteiger partial charge in [-0.05, 0) is 37.0 Å². The molecule has 1 heteroatoms. The van der Waals surface area contributed by atoms with Crippen LogP contribution in [0.4, 0.5) is 0 Å². The van der Waals surface area contributed by atoms with Crippen LogP contribution in [0.15, 0.2) is 12.7 Å². The van der Waals surface area contributed by atoms with E-state index in [2.05, 4.69) is 34.3 Å². The minimum Gasteiger partial charge on any atom is -0.322 e. The van der Waals surface area contributed by atoms with Crippen molar-refractivity contribution in [3.63, 3.8) is 0 Å². The molecule has 3 unspecified atom stereocenters. The second-order valence-electron chi connectivity index (χ2n) is 6.58. The summed E-state index contributed by atoms with van der Waals surface area (Å²) in [6, 6.07) is 0. The predicted molar refractivity (Wildman–Crippen MR) is 67.7 cm³/mol. The van der Waals surface area contributed by atoms with E-state index in [9.17, 15) is 0 Å². The summed E-state index contributed by atoms with van der Waals surface area (Å²) in [6.07, 6.45) is 7.10. The fourth-order valence-corrected chi connectivity index (χ4v) is 3.07. The summed E-state index contributed by atoms with van der Waals surface area (Å²) in [6.45, 7) is 13.0. The maximum Gasteiger partial charge on any atom is 0.0310 e. The molecule has 1 saturated carbocycles. The Bertz CT molecular complexity index is 222. The summed E-state index contributed by atoms with van der Waals surface area (Å²) in [4.78, 5) is 0. The summed E-state index contributed by atoms with van der Waals surface area (Å²) in [5.74, 6) is 1.62. The molecule has 0 aromatic rings. The minimum absolute atomic E-state index is 0.182. The smallest absolute Gasteiger partial charge is 0.0310 e. The van der Waals surface area contributed by atoms with Gasteiger partial charge in [0.1, 0.15) is 0 Å². The Kier molecular flexibility index (Phi) is 3.65. The van der Waals surface area contributed by atoms with Gasteiger partial charge in [0.2, 0.25) is 0 Å². The van der Waals surface area contributed by atoms with Crippen molar-refractivity contribution >= 4 is 0 Å². The number of nitrogens with two attached hydrogens (primary N) is 1. The maximum absolute atomic E-state index is 6.18. The van der Waals surface area contributed by atoms with E-state index in [-0.39, 0.29) is 5.54 Å². The third kappa shape index (κ3) is 3.34. The minimum atomic E-state index is -0.182. The van der Waals surface area contributed by atoms with Crippen molar-refractivity contribution in [2.45, 2.75) is 58.9 Å². The molecule has 88 valence electrons. The zero-order chi connectivity index (χ0) is 11.7. The topological polar surface area (TPSA) is 26.0 Å². The van der Waals surface area contributed by atoms with E-state index < -0.39 is 0 Å². The lowest BCUT2D eigenvalue weighted by Gasteiger charge is -2.35. The fourth-order valence-electron chi connectivity index (χ4n) is 3.07. The monoisotopic (exact) mass is 209 g/mol. The summed E-state index contributed by atoms with van der Waals surface area (Å²) in [5, 5.41) is 0. The van der Waals surface area contributed by atoms with Crippen LogP contribution in [0.2, 0.25) is 0 Å². The third-order valence-corrected chi connectivity index (χ3v) is 3.94. The lowest BCUT2D eigenvalue weighted by molar-refractivity contribution is 0.166. The molecule has 0 amide bonds. The molecule has 3 atom stereocenters. The summed E-state index contributed by atoms with van der Waals surface area (Å²) >= 11 is 0. The average Bonchev–Trinajstić information content (AvgIpc) is 2.50. The van der Waals surface area contributed by atoms with E-state index in [0.29, 0.717) is 5.41 Å². The Labute approximate surface area is 95.1 Å². The molecule has 2 N–H and O–H groups in total. The molecule has 1 nitrogen and oxygen atoms in total. The first-order chi connectivity index (χ1) is 6.76. The summed E-state index contributed by atoms with van der Waals surface area (Å²) in [7, 11) is 0. The largest absolute Gasteiger partial charge is 0.322 e. The molecule has 15 heavy (non-hydrogen) atoms. The normalized spacial score (nSPS) is 31.3. The number of hydrogen-bond donors (Lipinski definition) is 1. The lowest BCUT2D eigenvalue weighted by Crippen LogP contribution is -2.38. The summed E-state index contributed by atoms with van der Waals surface area (Å²) in [5.41, 5.74) is 6.43. The van der Waals surface area contributed by atoms with E-state index in [0.717, 1.165) is 18.3 Å². The Morgan fingerprint density at radius 3 is 2.33 bits per heavy atom. The molecule has 1 aliphatic carbocycles. The van der Waals surface area contributed by atoms with Crippen molar-refractivity contribution in [3.05, 3.63) is 12.7 Å². The second kappa shape index (κ2) is 4.29. The van der Waals surface area contributed by atoms with E-state index in [1.165, 1.54) is 19.3 Å². The van der Waals surface area contributed by atoms with Gasteiger partial charge in [-0.25, -0.2) is 0 Å². The Morgan fingerprint density at radius 2 is 1.87 bits per heavy atom. The standard InChI is InChI=1S/C14H27N/c1-6-14(5,15)10-11-8-7-9-12(11)13(2,3)4/h6,11-12H,1,7-10,15H2,2-5H3. The highest BCUT2D eigenvalue weighted by Gasteiger charge is 2.37. The van der Waals surface area contributed by atoms with Crippen LogP contribution in [0.25, 0.3) is 0 Å². The van der Waals surface area contributed by atoms with Gasteiger partial charge in [0.05, 0.1) is 0 Å². The van der Waals surface area contributed by atoms with Crippen LogP contribution >= 0.6 is 0 Å². The van der Waals surface area contributed by atoms with Gasteiger partial charge in [-0.15, -0.1) is 6.58 Å². The molecular formula is C14H27N. The van der Waals surface area contributed by atoms with E-state index in [4.69, 9.17) is 5.73 Å². The molecule has 0 bridgehead atoms. The van der Waals surface area contributed by atoms with Gasteiger partial charge in [0, 0.05) is 5.54 Å². The van der Waals surface area contributed by atoms with Gasteiger partial charge in [0.25, 0.3) is 0 Å². The molecule has 0 heterocycles. The highest BCUT2D eigenvalue weighted by atomic mass is 14.7. The fraction of sp³-hybridized carbons (Fsp3) is 0.857. The van der Waals surface area contributed by atoms with Crippen molar-refractivity contribution in [2.24, 2.45) is 23.0 Å². The molecular weight excluding hydrogens is 182 g/mol. The van der Waals surface area contributed by atoms with Crippen LogP contribution in [-0.4, -0.2) is 5.54 Å². The van der Waals surface area contributed by atoms with Gasteiger partial charge in [-0.3, -0.25) is 0 Å². The van der Waals surface area contributed by atoms with Gasteiger partial charge in [-0.1, -0.05) is 39.7 Å². The first-order valence-electron chi connectivity index (χ1n) is 6.19. The van der Waals surface area contributed by atoms with Crippen molar-refractivity contribution in [2.75, 3.05) is 0 Å². The maximum atomic E-state index is 6.18. The van der Waals surface area contributed by atoms with Crippen molar-refractivity contribution in [3.8, 4) is 0 Å². The van der Waals surface area contributed by atoms with Crippen LogP contribution in [-0.2, 0) is 0 Å². The van der Waals surface area contributed by atoms with E-state index in [1.807, 2.05) is 6.08 Å². The van der Waals surface area contributed by atoms with Crippen LogP contribution in [0.5, 0.6) is 0 Å². The zero-order valence-electron chi connectivity index (χ0n) is 10.8. The van der Waals surface area contributed by atoms with Gasteiger partial charge < -0.3 is 5.73 Å². The molecule has 0 aromatic heterocycles. The third-order valence-electron chi connectivity index (χ3n) is 3.94. The van der Waals surface area contributed by atoms with Crippen LogP contribution in [0.1, 0.15) is 53.4 Å². The molecule has 0 aromatic carbocycles. The van der Waals surface area contributed by atoms with E-state index >= 15 is 0 Å². The molecule has 0 aliphatic heterocycles. The van der Waals surface area contributed by atoms with Crippen LogP contribution < -0.4 is 5.73 Å². The lowest BCUT2D eigenvalue weighted by atomic mass is 9.71. The van der Waals surface area contributed by atoms with Gasteiger partial charge in [-0.2, -0.15) is 0 Å². The first kappa shape index (κ1) is 12.8. The number of hydrogen-bond acceptors (Lipinski definition) is 1. The molecule has 0 radical (unpaired) electrons. The first-order valence-corrected chi connectivity index (χ1v) is 6.19. The summed E-state index contributed by atoms with van der Waals surface area (Å²) < 4.78 is 0. The van der Waals surface area contributed by atoms with Gasteiger partial charge in [0.15, 0.2) is 0 Å². The Hall–Kier alpha value is -0.300. The van der Waals surface area contributed by atoms with E-state index in [1.54, 1.807) is 0 Å². The molecule has 0 saturated heterocycles.